The zero-order chi connectivity index (χ0) is 10.6. The molecule has 14 heavy (non-hydrogen) atoms. The summed E-state index contributed by atoms with van der Waals surface area (Å²) in [7, 11) is 2.00. The predicted molar refractivity (Wildman–Crippen MR) is 59.7 cm³/mol. The van der Waals surface area contributed by atoms with Crippen LogP contribution in [0, 0.1) is 5.92 Å². The second kappa shape index (κ2) is 5.15. The molecular formula is C10H16ClN3. The second-order valence-electron chi connectivity index (χ2n) is 3.80. The van der Waals surface area contributed by atoms with Gasteiger partial charge in [0.05, 0.1) is 5.88 Å². The average molecular weight is 214 g/mol. The molecule has 0 aliphatic rings. The summed E-state index contributed by atoms with van der Waals surface area (Å²) in [5.74, 6) is 1.83. The van der Waals surface area contributed by atoms with E-state index in [1.165, 1.54) is 0 Å². The summed E-state index contributed by atoms with van der Waals surface area (Å²) in [4.78, 5) is 10.5. The molecule has 0 aliphatic heterocycles. The first-order chi connectivity index (χ1) is 6.63. The van der Waals surface area contributed by atoms with Crippen LogP contribution in [0.25, 0.3) is 0 Å². The lowest BCUT2D eigenvalue weighted by atomic mass is 10.2. The van der Waals surface area contributed by atoms with Gasteiger partial charge in [-0.3, -0.25) is 0 Å². The summed E-state index contributed by atoms with van der Waals surface area (Å²) in [6, 6.07) is 0. The van der Waals surface area contributed by atoms with Gasteiger partial charge >= 0.3 is 0 Å². The smallest absolute Gasteiger partial charge is 0.225 e. The van der Waals surface area contributed by atoms with Crippen LogP contribution >= 0.6 is 11.6 Å². The second-order valence-corrected chi connectivity index (χ2v) is 4.07. The maximum Gasteiger partial charge on any atom is 0.225 e. The van der Waals surface area contributed by atoms with Crippen LogP contribution in [0.2, 0.25) is 0 Å². The highest BCUT2D eigenvalue weighted by atomic mass is 35.5. The van der Waals surface area contributed by atoms with Gasteiger partial charge in [0, 0.05) is 31.5 Å². The SMILES string of the molecule is CC(C)CN(C)c1ncc(CCl)cn1. The Kier molecular flexibility index (Phi) is 4.14. The summed E-state index contributed by atoms with van der Waals surface area (Å²) >= 11 is 5.65. The van der Waals surface area contributed by atoms with Gasteiger partial charge in [-0.15, -0.1) is 11.6 Å². The molecule has 1 aromatic heterocycles. The molecule has 78 valence electrons. The van der Waals surface area contributed by atoms with Crippen molar-refractivity contribution in [2.75, 3.05) is 18.5 Å². The van der Waals surface area contributed by atoms with Crippen LogP contribution in [0.3, 0.4) is 0 Å². The highest BCUT2D eigenvalue weighted by molar-refractivity contribution is 6.17. The molecule has 1 aromatic rings. The molecule has 0 amide bonds. The van der Waals surface area contributed by atoms with Crippen molar-refractivity contribution in [3.63, 3.8) is 0 Å². The van der Waals surface area contributed by atoms with Crippen molar-refractivity contribution in [2.24, 2.45) is 5.92 Å². The fraction of sp³-hybridized carbons (Fsp3) is 0.600. The van der Waals surface area contributed by atoms with E-state index in [0.717, 1.165) is 18.1 Å². The number of rotatable bonds is 4. The van der Waals surface area contributed by atoms with Gasteiger partial charge in [0.2, 0.25) is 5.95 Å². The minimum absolute atomic E-state index is 0.466. The highest BCUT2D eigenvalue weighted by Crippen LogP contribution is 2.08. The van der Waals surface area contributed by atoms with E-state index >= 15 is 0 Å². The number of hydrogen-bond acceptors (Lipinski definition) is 3. The molecule has 3 nitrogen and oxygen atoms in total. The van der Waals surface area contributed by atoms with Crippen LogP contribution in [0.4, 0.5) is 5.95 Å². The molecule has 1 rings (SSSR count). The molecule has 1 heterocycles. The Balaban J connectivity index is 2.66. The highest BCUT2D eigenvalue weighted by Gasteiger charge is 2.05. The largest absolute Gasteiger partial charge is 0.344 e. The Morgan fingerprint density at radius 2 is 1.93 bits per heavy atom. The zero-order valence-corrected chi connectivity index (χ0v) is 9.62. The van der Waals surface area contributed by atoms with Crippen molar-refractivity contribution in [1.29, 1.82) is 0 Å². The molecule has 0 bridgehead atoms. The van der Waals surface area contributed by atoms with Crippen molar-refractivity contribution in [2.45, 2.75) is 19.7 Å². The maximum absolute atomic E-state index is 5.65. The van der Waals surface area contributed by atoms with E-state index in [1.54, 1.807) is 12.4 Å². The molecule has 0 fully saturated rings. The number of anilines is 1. The standard InChI is InChI=1S/C10H16ClN3/c1-8(2)7-14(3)10-12-5-9(4-11)6-13-10/h5-6,8H,4,7H2,1-3H3. The fourth-order valence-electron chi connectivity index (χ4n) is 1.24. The Morgan fingerprint density at radius 3 is 2.36 bits per heavy atom. The number of aromatic nitrogens is 2. The van der Waals surface area contributed by atoms with Crippen molar-refractivity contribution < 1.29 is 0 Å². The first kappa shape index (κ1) is 11.2. The van der Waals surface area contributed by atoms with Crippen molar-refractivity contribution in [1.82, 2.24) is 9.97 Å². The lowest BCUT2D eigenvalue weighted by molar-refractivity contribution is 0.629. The molecule has 0 unspecified atom stereocenters. The fourth-order valence-corrected chi connectivity index (χ4v) is 1.38. The monoisotopic (exact) mass is 213 g/mol. The summed E-state index contributed by atoms with van der Waals surface area (Å²) in [5, 5.41) is 0. The van der Waals surface area contributed by atoms with Gasteiger partial charge < -0.3 is 4.90 Å². The Bertz CT molecular complexity index is 271. The van der Waals surface area contributed by atoms with Crippen LogP contribution in [-0.4, -0.2) is 23.6 Å². The Hall–Kier alpha value is -0.830. The molecule has 0 atom stereocenters. The first-order valence-corrected chi connectivity index (χ1v) is 5.25. The van der Waals surface area contributed by atoms with Gasteiger partial charge in [-0.25, -0.2) is 9.97 Å². The van der Waals surface area contributed by atoms with E-state index < -0.39 is 0 Å². The lowest BCUT2D eigenvalue weighted by Gasteiger charge is -2.18. The van der Waals surface area contributed by atoms with E-state index in [-0.39, 0.29) is 0 Å². The quantitative estimate of drug-likeness (QED) is 0.719. The normalized spacial score (nSPS) is 10.6. The predicted octanol–water partition coefficient (Wildman–Crippen LogP) is 2.31. The van der Waals surface area contributed by atoms with Crippen LogP contribution in [-0.2, 0) is 5.88 Å². The summed E-state index contributed by atoms with van der Waals surface area (Å²) in [6.07, 6.45) is 3.54. The van der Waals surface area contributed by atoms with Crippen molar-refractivity contribution >= 4 is 17.5 Å². The number of alkyl halides is 1. The molecule has 0 aromatic carbocycles. The number of hydrogen-bond donors (Lipinski definition) is 0. The molecule has 0 radical (unpaired) electrons. The van der Waals surface area contributed by atoms with Crippen LogP contribution in [0.15, 0.2) is 12.4 Å². The maximum atomic E-state index is 5.65. The molecule has 0 spiro atoms. The van der Waals surface area contributed by atoms with Crippen LogP contribution in [0.5, 0.6) is 0 Å². The number of nitrogens with zero attached hydrogens (tertiary/aromatic N) is 3. The van der Waals surface area contributed by atoms with Gasteiger partial charge in [0.1, 0.15) is 0 Å². The minimum Gasteiger partial charge on any atom is -0.344 e. The van der Waals surface area contributed by atoms with Gasteiger partial charge in [0.15, 0.2) is 0 Å². The van der Waals surface area contributed by atoms with Gasteiger partial charge in [0.25, 0.3) is 0 Å². The van der Waals surface area contributed by atoms with Gasteiger partial charge in [-0.05, 0) is 5.92 Å². The van der Waals surface area contributed by atoms with E-state index in [0.29, 0.717) is 11.8 Å². The molecular weight excluding hydrogens is 198 g/mol. The van der Waals surface area contributed by atoms with E-state index in [2.05, 4.69) is 23.8 Å². The van der Waals surface area contributed by atoms with E-state index in [9.17, 15) is 0 Å². The molecule has 4 heteroatoms. The Labute approximate surface area is 90.1 Å². The third-order valence-corrected chi connectivity index (χ3v) is 2.14. The molecule has 0 N–H and O–H groups in total. The molecule has 0 saturated carbocycles. The average Bonchev–Trinajstić information content (AvgIpc) is 2.17. The van der Waals surface area contributed by atoms with Crippen molar-refractivity contribution in [3.05, 3.63) is 18.0 Å². The summed E-state index contributed by atoms with van der Waals surface area (Å²) in [5.41, 5.74) is 0.952. The van der Waals surface area contributed by atoms with E-state index in [1.807, 2.05) is 11.9 Å². The van der Waals surface area contributed by atoms with Crippen LogP contribution in [0.1, 0.15) is 19.4 Å². The third kappa shape index (κ3) is 3.14. The van der Waals surface area contributed by atoms with Gasteiger partial charge in [-0.1, -0.05) is 13.8 Å². The summed E-state index contributed by atoms with van der Waals surface area (Å²) in [6.45, 7) is 5.30. The first-order valence-electron chi connectivity index (χ1n) is 4.71. The zero-order valence-electron chi connectivity index (χ0n) is 8.87. The molecule has 0 saturated heterocycles. The van der Waals surface area contributed by atoms with Crippen LogP contribution < -0.4 is 4.90 Å². The minimum atomic E-state index is 0.466. The lowest BCUT2D eigenvalue weighted by Crippen LogP contribution is -2.24. The topological polar surface area (TPSA) is 29.0 Å². The van der Waals surface area contributed by atoms with Gasteiger partial charge in [-0.2, -0.15) is 0 Å². The van der Waals surface area contributed by atoms with Crippen molar-refractivity contribution in [3.8, 4) is 0 Å². The third-order valence-electron chi connectivity index (χ3n) is 1.83. The summed E-state index contributed by atoms with van der Waals surface area (Å²) < 4.78 is 0. The number of halogens is 1. The Morgan fingerprint density at radius 1 is 1.36 bits per heavy atom. The van der Waals surface area contributed by atoms with E-state index in [4.69, 9.17) is 11.6 Å². The molecule has 0 aliphatic carbocycles.